The van der Waals surface area contributed by atoms with Crippen LogP contribution in [0.5, 0.6) is 0 Å². The van der Waals surface area contributed by atoms with Gasteiger partial charge in [-0.1, -0.05) is 24.3 Å². The van der Waals surface area contributed by atoms with Gasteiger partial charge < -0.3 is 15.7 Å². The van der Waals surface area contributed by atoms with Crippen LogP contribution in [0.3, 0.4) is 0 Å². The molecular formula is C17H22ClN3O2S. The largest absolute Gasteiger partial charge is 0.392 e. The Bertz CT molecular complexity index is 689. The number of halogens is 1. The average Bonchev–Trinajstić information content (AvgIpc) is 3.16. The minimum absolute atomic E-state index is 0. The van der Waals surface area contributed by atoms with Crippen LogP contribution in [0.15, 0.2) is 29.8 Å². The maximum absolute atomic E-state index is 12.2. The van der Waals surface area contributed by atoms with E-state index in [1.807, 2.05) is 31.5 Å². The van der Waals surface area contributed by atoms with E-state index in [1.165, 1.54) is 4.88 Å². The molecule has 2 heterocycles. The predicted molar refractivity (Wildman–Crippen MR) is 98.5 cm³/mol. The van der Waals surface area contributed by atoms with E-state index < -0.39 is 6.10 Å². The fourth-order valence-corrected chi connectivity index (χ4v) is 3.63. The molecule has 130 valence electrons. The first-order valence-corrected chi connectivity index (χ1v) is 8.65. The van der Waals surface area contributed by atoms with Crippen LogP contribution >= 0.6 is 23.7 Å². The highest BCUT2D eigenvalue weighted by molar-refractivity contribution is 7.13. The van der Waals surface area contributed by atoms with Gasteiger partial charge in [0.25, 0.3) is 0 Å². The Balaban J connectivity index is 0.00000208. The molecule has 1 aliphatic heterocycles. The van der Waals surface area contributed by atoms with E-state index in [4.69, 9.17) is 0 Å². The van der Waals surface area contributed by atoms with Crippen LogP contribution in [0.2, 0.25) is 0 Å². The second kappa shape index (κ2) is 8.07. The van der Waals surface area contributed by atoms with Gasteiger partial charge in [-0.05, 0) is 31.4 Å². The maximum atomic E-state index is 12.2. The molecular weight excluding hydrogens is 346 g/mol. The lowest BCUT2D eigenvalue weighted by Gasteiger charge is -2.18. The first kappa shape index (κ1) is 18.9. The van der Waals surface area contributed by atoms with Crippen molar-refractivity contribution in [1.29, 1.82) is 0 Å². The molecule has 3 N–H and O–H groups in total. The molecule has 24 heavy (non-hydrogen) atoms. The van der Waals surface area contributed by atoms with Crippen molar-refractivity contribution in [3.63, 3.8) is 0 Å². The summed E-state index contributed by atoms with van der Waals surface area (Å²) >= 11 is 1.63. The monoisotopic (exact) mass is 367 g/mol. The number of nitrogens with one attached hydrogen (secondary N) is 2. The SMILES string of the molecule is Cc1ncsc1-c1ccc([C@H](C)NC(=O)[C@@H]2C[C@H](O)CN2)cc1.Cl. The topological polar surface area (TPSA) is 74.2 Å². The van der Waals surface area contributed by atoms with Crippen LogP contribution in [0.1, 0.15) is 30.6 Å². The van der Waals surface area contributed by atoms with Crippen molar-refractivity contribution in [3.8, 4) is 10.4 Å². The summed E-state index contributed by atoms with van der Waals surface area (Å²) in [5.74, 6) is -0.0589. The lowest BCUT2D eigenvalue weighted by molar-refractivity contribution is -0.123. The van der Waals surface area contributed by atoms with E-state index in [9.17, 15) is 9.90 Å². The summed E-state index contributed by atoms with van der Waals surface area (Å²) in [5.41, 5.74) is 5.09. The van der Waals surface area contributed by atoms with E-state index in [-0.39, 0.29) is 30.4 Å². The molecule has 1 saturated heterocycles. The predicted octanol–water partition coefficient (Wildman–Crippen LogP) is 2.44. The number of hydrogen-bond donors (Lipinski definition) is 3. The number of nitrogens with zero attached hydrogens (tertiary/aromatic N) is 1. The zero-order valence-corrected chi connectivity index (χ0v) is 15.3. The molecule has 1 aromatic carbocycles. The molecule has 0 radical (unpaired) electrons. The lowest BCUT2D eigenvalue weighted by atomic mass is 10.0. The Hall–Kier alpha value is -1.47. The number of thiazole rings is 1. The molecule has 1 aromatic heterocycles. The lowest BCUT2D eigenvalue weighted by Crippen LogP contribution is -2.41. The number of aliphatic hydroxyl groups is 1. The molecule has 1 amide bonds. The normalized spacial score (nSPS) is 21.1. The van der Waals surface area contributed by atoms with Gasteiger partial charge in [-0.3, -0.25) is 4.79 Å². The Morgan fingerprint density at radius 2 is 2.12 bits per heavy atom. The first-order chi connectivity index (χ1) is 11.0. The van der Waals surface area contributed by atoms with Crippen molar-refractivity contribution in [2.75, 3.05) is 6.54 Å². The van der Waals surface area contributed by atoms with Crippen molar-refractivity contribution in [3.05, 3.63) is 41.0 Å². The molecule has 2 aromatic rings. The first-order valence-electron chi connectivity index (χ1n) is 7.77. The maximum Gasteiger partial charge on any atom is 0.237 e. The smallest absolute Gasteiger partial charge is 0.237 e. The molecule has 7 heteroatoms. The fraction of sp³-hybridized carbons (Fsp3) is 0.412. The van der Waals surface area contributed by atoms with Crippen LogP contribution in [-0.2, 0) is 4.79 Å². The number of hydrogen-bond acceptors (Lipinski definition) is 5. The minimum atomic E-state index is -0.428. The number of aryl methyl sites for hydroxylation is 1. The number of β-amino-alcohol motifs (C(OH)–C–C–N with tert-alkyl or cyclic N) is 1. The molecule has 0 spiro atoms. The molecule has 1 fully saturated rings. The summed E-state index contributed by atoms with van der Waals surface area (Å²) in [4.78, 5) is 17.6. The quantitative estimate of drug-likeness (QED) is 0.776. The molecule has 3 rings (SSSR count). The number of carbonyl (C=O) groups is 1. The Morgan fingerprint density at radius 1 is 1.42 bits per heavy atom. The third-order valence-electron chi connectivity index (χ3n) is 4.20. The van der Waals surface area contributed by atoms with Crippen LogP contribution in [-0.4, -0.2) is 34.7 Å². The van der Waals surface area contributed by atoms with E-state index in [0.29, 0.717) is 13.0 Å². The summed E-state index contributed by atoms with van der Waals surface area (Å²) < 4.78 is 0. The van der Waals surface area contributed by atoms with E-state index in [2.05, 4.69) is 27.8 Å². The van der Waals surface area contributed by atoms with Gasteiger partial charge in [-0.25, -0.2) is 4.98 Å². The van der Waals surface area contributed by atoms with Gasteiger partial charge >= 0.3 is 0 Å². The van der Waals surface area contributed by atoms with Gasteiger partial charge in [0.05, 0.1) is 34.3 Å². The zero-order valence-electron chi connectivity index (χ0n) is 13.7. The minimum Gasteiger partial charge on any atom is -0.392 e. The molecule has 0 saturated carbocycles. The van der Waals surface area contributed by atoms with Crippen LogP contribution < -0.4 is 10.6 Å². The van der Waals surface area contributed by atoms with Crippen molar-refractivity contribution in [1.82, 2.24) is 15.6 Å². The molecule has 3 atom stereocenters. The number of aliphatic hydroxyl groups excluding tert-OH is 1. The highest BCUT2D eigenvalue weighted by atomic mass is 35.5. The molecule has 1 aliphatic rings. The van der Waals surface area contributed by atoms with E-state index in [1.54, 1.807) is 11.3 Å². The zero-order chi connectivity index (χ0) is 16.4. The van der Waals surface area contributed by atoms with Gasteiger partial charge in [0.15, 0.2) is 0 Å². The Labute approximate surface area is 151 Å². The van der Waals surface area contributed by atoms with Gasteiger partial charge in [0.1, 0.15) is 0 Å². The average molecular weight is 368 g/mol. The second-order valence-corrected chi connectivity index (χ2v) is 6.82. The summed E-state index contributed by atoms with van der Waals surface area (Å²) in [6.07, 6.45) is 0.0466. The molecule has 0 aliphatic carbocycles. The third-order valence-corrected chi connectivity index (χ3v) is 5.18. The van der Waals surface area contributed by atoms with Crippen LogP contribution in [0.25, 0.3) is 10.4 Å². The Kier molecular flexibility index (Phi) is 6.34. The number of rotatable bonds is 4. The van der Waals surface area contributed by atoms with E-state index in [0.717, 1.165) is 16.8 Å². The van der Waals surface area contributed by atoms with Gasteiger partial charge in [-0.15, -0.1) is 23.7 Å². The number of benzene rings is 1. The van der Waals surface area contributed by atoms with Gasteiger partial charge in [-0.2, -0.15) is 0 Å². The number of aromatic nitrogens is 1. The third kappa shape index (κ3) is 4.13. The molecule has 5 nitrogen and oxygen atoms in total. The fourth-order valence-electron chi connectivity index (χ4n) is 2.82. The van der Waals surface area contributed by atoms with Crippen molar-refractivity contribution >= 4 is 29.7 Å². The van der Waals surface area contributed by atoms with E-state index >= 15 is 0 Å². The summed E-state index contributed by atoms with van der Waals surface area (Å²) in [6, 6.07) is 7.84. The second-order valence-electron chi connectivity index (χ2n) is 5.97. The van der Waals surface area contributed by atoms with Crippen molar-refractivity contribution in [2.24, 2.45) is 0 Å². The molecule has 0 unspecified atom stereocenters. The van der Waals surface area contributed by atoms with Gasteiger partial charge in [0, 0.05) is 6.54 Å². The summed E-state index contributed by atoms with van der Waals surface area (Å²) in [7, 11) is 0. The standard InChI is InChI=1S/C17H21N3O2S.ClH/c1-10(20-17(22)15-7-14(21)8-18-15)12-3-5-13(6-4-12)16-11(2)19-9-23-16;/h3-6,9-10,14-15,18,21H,7-8H2,1-2H3,(H,20,22);1H/t10-,14-,15-;/m0./s1. The highest BCUT2D eigenvalue weighted by Gasteiger charge is 2.28. The van der Waals surface area contributed by atoms with Crippen molar-refractivity contribution < 1.29 is 9.90 Å². The number of amides is 1. The summed E-state index contributed by atoms with van der Waals surface area (Å²) in [5, 5.41) is 15.5. The summed E-state index contributed by atoms with van der Waals surface area (Å²) in [6.45, 7) is 4.46. The van der Waals surface area contributed by atoms with Crippen molar-refractivity contribution in [2.45, 2.75) is 38.5 Å². The number of carbonyl (C=O) groups excluding carboxylic acids is 1. The molecule has 0 bridgehead atoms. The highest BCUT2D eigenvalue weighted by Crippen LogP contribution is 2.28. The van der Waals surface area contributed by atoms with Crippen LogP contribution in [0, 0.1) is 6.92 Å². The Morgan fingerprint density at radius 3 is 2.67 bits per heavy atom. The van der Waals surface area contributed by atoms with Gasteiger partial charge in [0.2, 0.25) is 5.91 Å². The van der Waals surface area contributed by atoms with Crippen LogP contribution in [0.4, 0.5) is 0 Å².